The van der Waals surface area contributed by atoms with E-state index < -0.39 is 34.9 Å². The number of anilines is 2. The summed E-state index contributed by atoms with van der Waals surface area (Å²) in [4.78, 5) is 0. The van der Waals surface area contributed by atoms with E-state index in [4.69, 9.17) is 4.74 Å². The Labute approximate surface area is 150 Å². The summed E-state index contributed by atoms with van der Waals surface area (Å²) in [6.45, 7) is 3.10. The molecule has 0 saturated heterocycles. The number of halogens is 6. The van der Waals surface area contributed by atoms with E-state index in [0.717, 1.165) is 0 Å². The number of alkyl halides is 6. The molecule has 2 bridgehead atoms. The average molecular weight is 388 g/mol. The molecular weight excluding hydrogens is 374 g/mol. The Balaban J connectivity index is 2.11. The van der Waals surface area contributed by atoms with Crippen LogP contribution in [0.2, 0.25) is 0 Å². The van der Waals surface area contributed by atoms with Gasteiger partial charge in [0, 0.05) is 22.5 Å². The summed E-state index contributed by atoms with van der Waals surface area (Å²) in [7, 11) is 0. The molecule has 2 atom stereocenters. The van der Waals surface area contributed by atoms with Gasteiger partial charge in [-0.1, -0.05) is 23.3 Å². The standard InChI is InChI=1S/C18H14F6N2O/c1-9-3-5-13-11(7-9)15(17(19,20)21)26-14-6-4-10(2)8-12(14)16(25-13,27-15)18(22,23)24/h3-8,25-26H,1-2H3. The summed E-state index contributed by atoms with van der Waals surface area (Å²) in [6.07, 6.45) is -10.3. The molecule has 0 aromatic heterocycles. The molecule has 0 fully saturated rings. The molecule has 4 rings (SSSR count). The summed E-state index contributed by atoms with van der Waals surface area (Å²) in [5.41, 5.74) is -7.23. The lowest BCUT2D eigenvalue weighted by Crippen LogP contribution is -2.67. The molecule has 144 valence electrons. The third-order valence-electron chi connectivity index (χ3n) is 4.83. The van der Waals surface area contributed by atoms with Crippen LogP contribution in [0.15, 0.2) is 36.4 Å². The zero-order valence-electron chi connectivity index (χ0n) is 14.1. The number of benzene rings is 2. The first kappa shape index (κ1) is 18.0. The van der Waals surface area contributed by atoms with E-state index in [-0.39, 0.29) is 11.4 Å². The van der Waals surface area contributed by atoms with Crippen molar-refractivity contribution in [1.29, 1.82) is 0 Å². The van der Waals surface area contributed by atoms with Gasteiger partial charge in [-0.05, 0) is 38.1 Å². The number of ether oxygens (including phenoxy) is 1. The van der Waals surface area contributed by atoms with E-state index in [1.807, 2.05) is 0 Å². The van der Waals surface area contributed by atoms with Gasteiger partial charge in [0.25, 0.3) is 11.4 Å². The minimum absolute atomic E-state index is 0.291. The predicted octanol–water partition coefficient (Wildman–Crippen LogP) is 5.30. The molecule has 0 spiro atoms. The van der Waals surface area contributed by atoms with Gasteiger partial charge in [0.05, 0.1) is 0 Å². The van der Waals surface area contributed by atoms with Crippen LogP contribution in [-0.4, -0.2) is 12.4 Å². The molecular formula is C18H14F6N2O. The molecule has 0 amide bonds. The minimum Gasteiger partial charge on any atom is -0.346 e. The lowest BCUT2D eigenvalue weighted by molar-refractivity contribution is -0.369. The molecule has 0 saturated carbocycles. The van der Waals surface area contributed by atoms with Crippen molar-refractivity contribution in [3.05, 3.63) is 58.7 Å². The molecule has 0 aliphatic carbocycles. The second-order valence-electron chi connectivity index (χ2n) is 6.81. The third kappa shape index (κ3) is 2.27. The first-order valence-corrected chi connectivity index (χ1v) is 8.02. The van der Waals surface area contributed by atoms with E-state index in [0.29, 0.717) is 11.1 Å². The van der Waals surface area contributed by atoms with E-state index in [1.54, 1.807) is 13.8 Å². The van der Waals surface area contributed by atoms with Crippen LogP contribution in [0.5, 0.6) is 0 Å². The van der Waals surface area contributed by atoms with Crippen molar-refractivity contribution < 1.29 is 31.1 Å². The zero-order chi connectivity index (χ0) is 19.8. The Morgan fingerprint density at radius 3 is 1.41 bits per heavy atom. The normalized spacial score (nSPS) is 26.5. The van der Waals surface area contributed by atoms with Crippen molar-refractivity contribution in [3.8, 4) is 0 Å². The highest BCUT2D eigenvalue weighted by atomic mass is 19.4. The molecule has 27 heavy (non-hydrogen) atoms. The van der Waals surface area contributed by atoms with Crippen LogP contribution in [0.25, 0.3) is 0 Å². The quantitative estimate of drug-likeness (QED) is 0.601. The summed E-state index contributed by atoms with van der Waals surface area (Å²) in [6, 6.07) is 7.63. The van der Waals surface area contributed by atoms with Gasteiger partial charge in [0.15, 0.2) is 0 Å². The first-order chi connectivity index (χ1) is 12.4. The van der Waals surface area contributed by atoms with Gasteiger partial charge < -0.3 is 15.4 Å². The fourth-order valence-corrected chi connectivity index (χ4v) is 3.58. The van der Waals surface area contributed by atoms with Crippen molar-refractivity contribution in [3.63, 3.8) is 0 Å². The molecule has 2 aromatic carbocycles. The smallest absolute Gasteiger partial charge is 0.346 e. The van der Waals surface area contributed by atoms with Crippen molar-refractivity contribution >= 4 is 11.4 Å². The molecule has 2 heterocycles. The fourth-order valence-electron chi connectivity index (χ4n) is 3.58. The van der Waals surface area contributed by atoms with E-state index in [9.17, 15) is 26.3 Å². The Morgan fingerprint density at radius 1 is 0.704 bits per heavy atom. The summed E-state index contributed by atoms with van der Waals surface area (Å²) >= 11 is 0. The van der Waals surface area contributed by atoms with Gasteiger partial charge in [0.2, 0.25) is 0 Å². The minimum atomic E-state index is -5.16. The maximum absolute atomic E-state index is 14.2. The highest BCUT2D eigenvalue weighted by molar-refractivity contribution is 5.70. The summed E-state index contributed by atoms with van der Waals surface area (Å²) in [5, 5.41) is 4.40. The number of hydrogen-bond acceptors (Lipinski definition) is 3. The Hall–Kier alpha value is -2.42. The lowest BCUT2D eigenvalue weighted by Gasteiger charge is -2.54. The monoisotopic (exact) mass is 388 g/mol. The van der Waals surface area contributed by atoms with Crippen molar-refractivity contribution in [2.24, 2.45) is 0 Å². The van der Waals surface area contributed by atoms with Crippen LogP contribution in [0.1, 0.15) is 22.3 Å². The fraction of sp³-hybridized carbons (Fsp3) is 0.333. The second-order valence-corrected chi connectivity index (χ2v) is 6.81. The Morgan fingerprint density at radius 2 is 1.07 bits per heavy atom. The van der Waals surface area contributed by atoms with Gasteiger partial charge in [-0.2, -0.15) is 26.3 Å². The molecule has 0 radical (unpaired) electrons. The summed E-state index contributed by atoms with van der Waals surface area (Å²) < 4.78 is 89.9. The van der Waals surface area contributed by atoms with Crippen molar-refractivity contribution in [1.82, 2.24) is 0 Å². The number of rotatable bonds is 0. The van der Waals surface area contributed by atoms with Crippen LogP contribution < -0.4 is 10.6 Å². The summed E-state index contributed by atoms with van der Waals surface area (Å²) in [5.74, 6) is 0. The Bertz CT molecular complexity index is 863. The SMILES string of the molecule is Cc1ccc2c(c1)C1(C(F)(F)F)Nc3ccc(C)cc3C(C(F)(F)F)(N2)O1. The van der Waals surface area contributed by atoms with Crippen molar-refractivity contribution in [2.75, 3.05) is 10.6 Å². The van der Waals surface area contributed by atoms with E-state index >= 15 is 0 Å². The molecule has 9 heteroatoms. The predicted molar refractivity (Wildman–Crippen MR) is 86.2 cm³/mol. The molecule has 2 N–H and O–H groups in total. The topological polar surface area (TPSA) is 33.3 Å². The van der Waals surface area contributed by atoms with Crippen LogP contribution >= 0.6 is 0 Å². The number of nitrogens with one attached hydrogen (secondary N) is 2. The van der Waals surface area contributed by atoms with Gasteiger partial charge >= 0.3 is 12.4 Å². The maximum atomic E-state index is 14.2. The van der Waals surface area contributed by atoms with Gasteiger partial charge in [-0.25, -0.2) is 0 Å². The highest BCUT2D eigenvalue weighted by Gasteiger charge is 2.74. The van der Waals surface area contributed by atoms with Gasteiger partial charge in [-0.15, -0.1) is 0 Å². The molecule has 2 aromatic rings. The molecule has 3 nitrogen and oxygen atoms in total. The number of fused-ring (bicyclic) bond motifs is 6. The van der Waals surface area contributed by atoms with E-state index in [1.165, 1.54) is 36.4 Å². The van der Waals surface area contributed by atoms with Crippen molar-refractivity contribution in [2.45, 2.75) is 37.7 Å². The van der Waals surface area contributed by atoms with Gasteiger partial charge in [0.1, 0.15) is 0 Å². The zero-order valence-corrected chi connectivity index (χ0v) is 14.1. The molecule has 2 unspecified atom stereocenters. The maximum Gasteiger partial charge on any atom is 0.441 e. The first-order valence-electron chi connectivity index (χ1n) is 8.02. The van der Waals surface area contributed by atoms with Crippen LogP contribution in [-0.2, 0) is 16.2 Å². The van der Waals surface area contributed by atoms with Crippen LogP contribution in [0, 0.1) is 13.8 Å². The average Bonchev–Trinajstić information content (AvgIpc) is 2.54. The molecule has 2 aliphatic rings. The van der Waals surface area contributed by atoms with E-state index in [2.05, 4.69) is 10.6 Å². The van der Waals surface area contributed by atoms with Crippen LogP contribution in [0.4, 0.5) is 37.7 Å². The third-order valence-corrected chi connectivity index (χ3v) is 4.83. The van der Waals surface area contributed by atoms with Gasteiger partial charge in [-0.3, -0.25) is 0 Å². The van der Waals surface area contributed by atoms with Crippen LogP contribution in [0.3, 0.4) is 0 Å². The number of hydrogen-bond donors (Lipinski definition) is 2. The highest BCUT2D eigenvalue weighted by Crippen LogP contribution is 2.61. The Kier molecular flexibility index (Phi) is 3.39. The molecule has 2 aliphatic heterocycles. The second kappa shape index (κ2) is 5.09. The number of aryl methyl sites for hydroxylation is 2. The largest absolute Gasteiger partial charge is 0.441 e. The lowest BCUT2D eigenvalue weighted by atomic mass is 9.85.